The highest BCUT2D eigenvalue weighted by Crippen LogP contribution is 2.14. The number of ether oxygens (including phenoxy) is 1. The summed E-state index contributed by atoms with van der Waals surface area (Å²) in [5.41, 5.74) is -0.00393. The fourth-order valence-electron chi connectivity index (χ4n) is 1.69. The summed E-state index contributed by atoms with van der Waals surface area (Å²) in [5, 5.41) is 3.29. The van der Waals surface area contributed by atoms with Gasteiger partial charge in [-0.3, -0.25) is 5.32 Å². The molecule has 4 heteroatoms. The second kappa shape index (κ2) is 9.49. The molecule has 1 N–H and O–H groups in total. The maximum atomic E-state index is 11.0. The van der Waals surface area contributed by atoms with Gasteiger partial charge in [0.05, 0.1) is 0 Å². The van der Waals surface area contributed by atoms with E-state index in [1.54, 1.807) is 0 Å². The Balaban J connectivity index is 0. The van der Waals surface area contributed by atoms with Gasteiger partial charge in [0.15, 0.2) is 6.23 Å². The van der Waals surface area contributed by atoms with Gasteiger partial charge < -0.3 is 4.74 Å². The Morgan fingerprint density at radius 3 is 2.53 bits per heavy atom. The first-order valence-electron chi connectivity index (χ1n) is 6.02. The summed E-state index contributed by atoms with van der Waals surface area (Å²) >= 11 is 0. The van der Waals surface area contributed by atoms with Gasteiger partial charge in [-0.05, 0) is 27.2 Å². The first-order chi connectivity index (χ1) is 7.41. The van der Waals surface area contributed by atoms with E-state index in [1.165, 1.54) is 25.3 Å². The molecule has 0 aliphatic rings. The van der Waals surface area contributed by atoms with Gasteiger partial charge in [-0.2, -0.15) is 0 Å². The van der Waals surface area contributed by atoms with Crippen LogP contribution in [-0.2, 0) is 9.53 Å². The number of rotatable bonds is 8. The normalized spacial score (nSPS) is 12.5. The Morgan fingerprint density at radius 2 is 2.06 bits per heavy atom. The zero-order valence-corrected chi connectivity index (χ0v) is 12.2. The third kappa shape index (κ3) is 10.3. The number of unbranched alkanes of at least 4 members (excludes halogenated alkanes) is 2. The topological polar surface area (TPSA) is 38.3 Å². The highest BCUT2D eigenvalue weighted by atomic mass is 35.5. The summed E-state index contributed by atoms with van der Waals surface area (Å²) in [7, 11) is 0. The molecule has 0 amide bonds. The van der Waals surface area contributed by atoms with Gasteiger partial charge >= 0.3 is 5.97 Å². The molecule has 0 aromatic carbocycles. The number of nitrogens with one attached hydrogen (secondary N) is 1. The monoisotopic (exact) mass is 263 g/mol. The molecular formula is C13H26ClNO2. The van der Waals surface area contributed by atoms with Crippen molar-refractivity contribution in [3.63, 3.8) is 0 Å². The second-order valence-corrected chi connectivity index (χ2v) is 4.77. The highest BCUT2D eigenvalue weighted by Gasteiger charge is 2.20. The van der Waals surface area contributed by atoms with E-state index in [-0.39, 0.29) is 30.1 Å². The Labute approximate surface area is 111 Å². The molecule has 0 fully saturated rings. The van der Waals surface area contributed by atoms with Crippen molar-refractivity contribution in [1.29, 1.82) is 0 Å². The molecule has 0 saturated heterocycles. The van der Waals surface area contributed by atoms with E-state index < -0.39 is 0 Å². The lowest BCUT2D eigenvalue weighted by atomic mass is 9.96. The zero-order chi connectivity index (χ0) is 12.6. The van der Waals surface area contributed by atoms with E-state index in [4.69, 9.17) is 4.74 Å². The van der Waals surface area contributed by atoms with Crippen molar-refractivity contribution in [1.82, 2.24) is 5.32 Å². The van der Waals surface area contributed by atoms with E-state index in [0.717, 1.165) is 6.42 Å². The SMILES string of the molecule is C=CC(=O)OC(C)NC(C)(C)CCCCC.Cl. The average molecular weight is 264 g/mol. The van der Waals surface area contributed by atoms with Gasteiger partial charge in [0.25, 0.3) is 0 Å². The minimum Gasteiger partial charge on any atom is -0.444 e. The van der Waals surface area contributed by atoms with Crippen LogP contribution >= 0.6 is 12.4 Å². The van der Waals surface area contributed by atoms with E-state index in [9.17, 15) is 4.79 Å². The van der Waals surface area contributed by atoms with Crippen molar-refractivity contribution >= 4 is 18.4 Å². The fraction of sp³-hybridized carbons (Fsp3) is 0.769. The van der Waals surface area contributed by atoms with Crippen LogP contribution in [0.15, 0.2) is 12.7 Å². The van der Waals surface area contributed by atoms with E-state index in [1.807, 2.05) is 6.92 Å². The van der Waals surface area contributed by atoms with Gasteiger partial charge in [-0.1, -0.05) is 32.8 Å². The number of carbonyl (C=O) groups is 1. The summed E-state index contributed by atoms with van der Waals surface area (Å²) < 4.78 is 5.07. The first-order valence-corrected chi connectivity index (χ1v) is 6.02. The van der Waals surface area contributed by atoms with Gasteiger partial charge in [0.1, 0.15) is 0 Å². The standard InChI is InChI=1S/C13H25NO2.ClH/c1-6-8-9-10-13(4,5)14-11(3)16-12(15)7-2;/h7,11,14H,2,6,8-10H2,1,3-5H3;1H. The summed E-state index contributed by atoms with van der Waals surface area (Å²) in [6.45, 7) is 11.6. The third-order valence-corrected chi connectivity index (χ3v) is 2.46. The van der Waals surface area contributed by atoms with E-state index >= 15 is 0 Å². The van der Waals surface area contributed by atoms with Crippen LogP contribution in [0.25, 0.3) is 0 Å². The average Bonchev–Trinajstić information content (AvgIpc) is 2.16. The van der Waals surface area contributed by atoms with Crippen molar-refractivity contribution < 1.29 is 9.53 Å². The van der Waals surface area contributed by atoms with Crippen LogP contribution in [0.1, 0.15) is 53.4 Å². The van der Waals surface area contributed by atoms with Crippen molar-refractivity contribution in [2.45, 2.75) is 65.1 Å². The molecule has 0 aromatic rings. The van der Waals surface area contributed by atoms with Crippen molar-refractivity contribution in [3.05, 3.63) is 12.7 Å². The van der Waals surface area contributed by atoms with Gasteiger partial charge in [0.2, 0.25) is 0 Å². The molecule has 1 atom stereocenters. The molecule has 0 bridgehead atoms. The van der Waals surface area contributed by atoms with E-state index in [0.29, 0.717) is 0 Å². The highest BCUT2D eigenvalue weighted by molar-refractivity contribution is 5.85. The van der Waals surface area contributed by atoms with Crippen LogP contribution in [0.4, 0.5) is 0 Å². The fourth-order valence-corrected chi connectivity index (χ4v) is 1.69. The summed E-state index contributed by atoms with van der Waals surface area (Å²) in [5.74, 6) is -0.385. The molecule has 0 rings (SSSR count). The van der Waals surface area contributed by atoms with Crippen molar-refractivity contribution in [2.75, 3.05) is 0 Å². The molecule has 17 heavy (non-hydrogen) atoms. The molecule has 0 aliphatic carbocycles. The summed E-state index contributed by atoms with van der Waals surface area (Å²) in [6, 6.07) is 0. The van der Waals surface area contributed by atoms with Gasteiger partial charge in [-0.25, -0.2) is 4.79 Å². The van der Waals surface area contributed by atoms with Crippen LogP contribution in [0.5, 0.6) is 0 Å². The molecule has 1 unspecified atom stereocenters. The van der Waals surface area contributed by atoms with Crippen LogP contribution in [0.3, 0.4) is 0 Å². The number of halogens is 1. The quantitative estimate of drug-likeness (QED) is 0.316. The molecule has 0 aromatic heterocycles. The third-order valence-electron chi connectivity index (χ3n) is 2.46. The number of esters is 1. The molecular weight excluding hydrogens is 238 g/mol. The number of hydrogen-bond donors (Lipinski definition) is 1. The predicted octanol–water partition coefficient (Wildman–Crippen LogP) is 3.43. The summed E-state index contributed by atoms with van der Waals surface area (Å²) in [4.78, 5) is 11.0. The second-order valence-electron chi connectivity index (χ2n) is 4.77. The molecule has 3 nitrogen and oxygen atoms in total. The molecule has 0 heterocycles. The minimum atomic E-state index is -0.385. The number of hydrogen-bond acceptors (Lipinski definition) is 3. The number of carbonyl (C=O) groups excluding carboxylic acids is 1. The van der Waals surface area contributed by atoms with Crippen molar-refractivity contribution in [3.8, 4) is 0 Å². The van der Waals surface area contributed by atoms with Crippen LogP contribution in [0.2, 0.25) is 0 Å². The first kappa shape index (κ1) is 18.8. The molecule has 0 aliphatic heterocycles. The Morgan fingerprint density at radius 1 is 1.47 bits per heavy atom. The predicted molar refractivity (Wildman–Crippen MR) is 74.4 cm³/mol. The Kier molecular flexibility index (Phi) is 10.5. The lowest BCUT2D eigenvalue weighted by Crippen LogP contribution is -2.46. The van der Waals surface area contributed by atoms with Crippen LogP contribution < -0.4 is 5.32 Å². The minimum absolute atomic E-state index is 0. The van der Waals surface area contributed by atoms with Crippen LogP contribution in [-0.4, -0.2) is 17.7 Å². The van der Waals surface area contributed by atoms with Gasteiger partial charge in [0, 0.05) is 11.6 Å². The van der Waals surface area contributed by atoms with Crippen molar-refractivity contribution in [2.24, 2.45) is 0 Å². The maximum absolute atomic E-state index is 11.0. The Bertz CT molecular complexity index is 229. The zero-order valence-electron chi connectivity index (χ0n) is 11.4. The lowest BCUT2D eigenvalue weighted by molar-refractivity contribution is -0.144. The Hall–Kier alpha value is -0.540. The molecule has 0 spiro atoms. The molecule has 0 radical (unpaired) electrons. The molecule has 102 valence electrons. The smallest absolute Gasteiger partial charge is 0.331 e. The van der Waals surface area contributed by atoms with E-state index in [2.05, 4.69) is 32.7 Å². The largest absolute Gasteiger partial charge is 0.444 e. The van der Waals surface area contributed by atoms with Crippen LogP contribution in [0, 0.1) is 0 Å². The lowest BCUT2D eigenvalue weighted by Gasteiger charge is -2.29. The maximum Gasteiger partial charge on any atom is 0.331 e. The van der Waals surface area contributed by atoms with Gasteiger partial charge in [-0.15, -0.1) is 12.4 Å². The molecule has 0 saturated carbocycles. The summed E-state index contributed by atoms with van der Waals surface area (Å²) in [6.07, 6.45) is 5.64.